The van der Waals surface area contributed by atoms with Crippen LogP contribution in [0.2, 0.25) is 0 Å². The van der Waals surface area contributed by atoms with Crippen LogP contribution >= 0.6 is 0 Å². The van der Waals surface area contributed by atoms with E-state index in [1.807, 2.05) is 24.3 Å². The maximum atomic E-state index is 11.4. The van der Waals surface area contributed by atoms with Gasteiger partial charge < -0.3 is 15.8 Å². The fourth-order valence-electron chi connectivity index (χ4n) is 2.46. The highest BCUT2D eigenvalue weighted by molar-refractivity contribution is 6.02. The van der Waals surface area contributed by atoms with Crippen LogP contribution in [0.1, 0.15) is 21.6 Å². The number of nitrogens with two attached hydrogens (primary N) is 1. The van der Waals surface area contributed by atoms with Crippen LogP contribution in [0, 0.1) is 11.3 Å². The molecule has 1 heterocycles. The lowest BCUT2D eigenvalue weighted by Gasteiger charge is -2.06. The molecule has 0 radical (unpaired) electrons. The molecular formula is C17H13N3O2. The third-order valence-corrected chi connectivity index (χ3v) is 3.57. The van der Waals surface area contributed by atoms with Crippen LogP contribution < -0.4 is 5.73 Å². The average Bonchev–Trinajstić information content (AvgIpc) is 2.98. The molecule has 0 fully saturated rings. The maximum absolute atomic E-state index is 11.4. The number of carbonyl (C=O) groups excluding carboxylic acids is 1. The van der Waals surface area contributed by atoms with Crippen LogP contribution in [-0.2, 0) is 6.61 Å². The lowest BCUT2D eigenvalue weighted by Crippen LogP contribution is -2.10. The lowest BCUT2D eigenvalue weighted by atomic mass is 9.99. The van der Waals surface area contributed by atoms with Gasteiger partial charge in [0.2, 0.25) is 0 Å². The molecule has 0 atom stereocenters. The summed E-state index contributed by atoms with van der Waals surface area (Å²) in [4.78, 5) is 14.4. The molecule has 0 saturated carbocycles. The molecule has 1 amide bonds. The first-order chi connectivity index (χ1) is 10.6. The topological polar surface area (TPSA) is 103 Å². The van der Waals surface area contributed by atoms with E-state index in [1.165, 1.54) is 0 Å². The second-order valence-electron chi connectivity index (χ2n) is 5.00. The zero-order valence-corrected chi connectivity index (χ0v) is 11.6. The molecule has 0 unspecified atom stereocenters. The molecule has 22 heavy (non-hydrogen) atoms. The number of carbonyl (C=O) groups is 1. The Morgan fingerprint density at radius 2 is 1.95 bits per heavy atom. The zero-order chi connectivity index (χ0) is 15.7. The largest absolute Gasteiger partial charge is 0.392 e. The van der Waals surface area contributed by atoms with Crippen LogP contribution in [-0.4, -0.2) is 16.0 Å². The molecule has 1 aromatic heterocycles. The number of nitrogens with one attached hydrogen (secondary N) is 1. The SMILES string of the molecule is N#Cc1cc(-c2ccc(CO)cc2)c2[nH]c(C(N)=O)cc2c1. The van der Waals surface area contributed by atoms with Crippen molar-refractivity contribution in [3.05, 3.63) is 59.3 Å². The number of nitrogens with zero attached hydrogens (tertiary/aromatic N) is 1. The van der Waals surface area contributed by atoms with Crippen molar-refractivity contribution in [1.82, 2.24) is 4.98 Å². The van der Waals surface area contributed by atoms with Crippen LogP contribution in [0.15, 0.2) is 42.5 Å². The van der Waals surface area contributed by atoms with Crippen molar-refractivity contribution in [2.24, 2.45) is 5.73 Å². The summed E-state index contributed by atoms with van der Waals surface area (Å²) in [5.74, 6) is -0.545. The van der Waals surface area contributed by atoms with Gasteiger partial charge in [0.15, 0.2) is 0 Å². The van der Waals surface area contributed by atoms with E-state index in [2.05, 4.69) is 11.1 Å². The normalized spacial score (nSPS) is 10.5. The first-order valence-corrected chi connectivity index (χ1v) is 6.69. The number of hydrogen-bond acceptors (Lipinski definition) is 3. The Bertz CT molecular complexity index is 902. The zero-order valence-electron chi connectivity index (χ0n) is 11.6. The average molecular weight is 291 g/mol. The van der Waals surface area contributed by atoms with Gasteiger partial charge in [0.05, 0.1) is 23.8 Å². The summed E-state index contributed by atoms with van der Waals surface area (Å²) in [5.41, 5.74) is 9.38. The predicted molar refractivity (Wildman–Crippen MR) is 82.9 cm³/mol. The Morgan fingerprint density at radius 3 is 2.55 bits per heavy atom. The molecule has 0 bridgehead atoms. The summed E-state index contributed by atoms with van der Waals surface area (Å²) in [7, 11) is 0. The molecule has 3 aromatic rings. The van der Waals surface area contributed by atoms with E-state index in [0.717, 1.165) is 27.6 Å². The van der Waals surface area contributed by atoms with E-state index in [0.29, 0.717) is 11.3 Å². The van der Waals surface area contributed by atoms with Gasteiger partial charge in [-0.25, -0.2) is 0 Å². The number of amides is 1. The minimum Gasteiger partial charge on any atom is -0.392 e. The van der Waals surface area contributed by atoms with E-state index >= 15 is 0 Å². The van der Waals surface area contributed by atoms with Gasteiger partial charge in [-0.3, -0.25) is 4.79 Å². The quantitative estimate of drug-likeness (QED) is 0.689. The van der Waals surface area contributed by atoms with E-state index < -0.39 is 5.91 Å². The molecule has 108 valence electrons. The number of H-pyrrole nitrogens is 1. The fourth-order valence-corrected chi connectivity index (χ4v) is 2.46. The highest BCUT2D eigenvalue weighted by Crippen LogP contribution is 2.30. The summed E-state index contributed by atoms with van der Waals surface area (Å²) in [5, 5.41) is 19.1. The van der Waals surface area contributed by atoms with Crippen LogP contribution in [0.5, 0.6) is 0 Å². The number of nitriles is 1. The van der Waals surface area contributed by atoms with Gasteiger partial charge in [-0.05, 0) is 29.3 Å². The molecule has 0 aliphatic heterocycles. The molecule has 2 aromatic carbocycles. The number of aliphatic hydroxyl groups is 1. The molecular weight excluding hydrogens is 278 g/mol. The van der Waals surface area contributed by atoms with Gasteiger partial charge in [-0.1, -0.05) is 24.3 Å². The van der Waals surface area contributed by atoms with E-state index in [4.69, 9.17) is 10.8 Å². The highest BCUT2D eigenvalue weighted by atomic mass is 16.3. The van der Waals surface area contributed by atoms with Gasteiger partial charge in [0.25, 0.3) is 5.91 Å². The predicted octanol–water partition coefficient (Wildman–Crippen LogP) is 2.30. The van der Waals surface area contributed by atoms with Crippen molar-refractivity contribution in [2.75, 3.05) is 0 Å². The minimum atomic E-state index is -0.545. The first kappa shape index (κ1) is 13.9. The molecule has 5 nitrogen and oxygen atoms in total. The third kappa shape index (κ3) is 2.32. The van der Waals surface area contributed by atoms with E-state index in [-0.39, 0.29) is 6.61 Å². The van der Waals surface area contributed by atoms with Crippen molar-refractivity contribution in [1.29, 1.82) is 5.26 Å². The van der Waals surface area contributed by atoms with Crippen LogP contribution in [0.25, 0.3) is 22.0 Å². The number of rotatable bonds is 3. The Balaban J connectivity index is 2.25. The number of aliphatic hydroxyl groups excluding tert-OH is 1. The van der Waals surface area contributed by atoms with Gasteiger partial charge in [0.1, 0.15) is 5.69 Å². The molecule has 0 aliphatic rings. The minimum absolute atomic E-state index is 0.0255. The second kappa shape index (κ2) is 5.35. The van der Waals surface area contributed by atoms with E-state index in [9.17, 15) is 10.1 Å². The van der Waals surface area contributed by atoms with Gasteiger partial charge in [0, 0.05) is 10.9 Å². The van der Waals surface area contributed by atoms with Gasteiger partial charge in [-0.2, -0.15) is 5.26 Å². The Labute approximate surface area is 126 Å². The monoisotopic (exact) mass is 291 g/mol. The molecule has 0 aliphatic carbocycles. The lowest BCUT2D eigenvalue weighted by molar-refractivity contribution is 0.0996. The fraction of sp³-hybridized carbons (Fsp3) is 0.0588. The second-order valence-corrected chi connectivity index (χ2v) is 5.00. The van der Waals surface area contributed by atoms with Crippen molar-refractivity contribution in [3.63, 3.8) is 0 Å². The van der Waals surface area contributed by atoms with Gasteiger partial charge in [-0.15, -0.1) is 0 Å². The summed E-state index contributed by atoms with van der Waals surface area (Å²) in [6.45, 7) is -0.0255. The Kier molecular flexibility index (Phi) is 3.37. The maximum Gasteiger partial charge on any atom is 0.265 e. The van der Waals surface area contributed by atoms with Crippen molar-refractivity contribution >= 4 is 16.8 Å². The third-order valence-electron chi connectivity index (χ3n) is 3.57. The highest BCUT2D eigenvalue weighted by Gasteiger charge is 2.12. The summed E-state index contributed by atoms with van der Waals surface area (Å²) >= 11 is 0. The summed E-state index contributed by atoms with van der Waals surface area (Å²) in [6.07, 6.45) is 0. The molecule has 0 saturated heterocycles. The number of aromatic amines is 1. The standard InChI is InChI=1S/C17H13N3O2/c18-8-11-5-13-7-15(17(19)22)20-16(13)14(6-11)12-3-1-10(9-21)2-4-12/h1-7,20-21H,9H2,(H2,19,22). The first-order valence-electron chi connectivity index (χ1n) is 6.69. The van der Waals surface area contributed by atoms with Crippen molar-refractivity contribution < 1.29 is 9.90 Å². The summed E-state index contributed by atoms with van der Waals surface area (Å²) in [6, 6.07) is 14.6. The number of aromatic nitrogens is 1. The van der Waals surface area contributed by atoms with Crippen LogP contribution in [0.4, 0.5) is 0 Å². The van der Waals surface area contributed by atoms with Gasteiger partial charge >= 0.3 is 0 Å². The Hall–Kier alpha value is -3.10. The van der Waals surface area contributed by atoms with Crippen molar-refractivity contribution in [3.8, 4) is 17.2 Å². The number of hydrogen-bond donors (Lipinski definition) is 3. The smallest absolute Gasteiger partial charge is 0.265 e. The summed E-state index contributed by atoms with van der Waals surface area (Å²) < 4.78 is 0. The molecule has 5 heteroatoms. The number of fused-ring (bicyclic) bond motifs is 1. The molecule has 0 spiro atoms. The molecule has 3 rings (SSSR count). The van der Waals surface area contributed by atoms with Crippen LogP contribution in [0.3, 0.4) is 0 Å². The number of benzene rings is 2. The Morgan fingerprint density at radius 1 is 1.23 bits per heavy atom. The van der Waals surface area contributed by atoms with Crippen molar-refractivity contribution in [2.45, 2.75) is 6.61 Å². The van der Waals surface area contributed by atoms with E-state index in [1.54, 1.807) is 18.2 Å². The number of primary amides is 1. The molecule has 4 N–H and O–H groups in total.